The van der Waals surface area contributed by atoms with Gasteiger partial charge in [0.15, 0.2) is 0 Å². The summed E-state index contributed by atoms with van der Waals surface area (Å²) < 4.78 is 5.84. The third-order valence-electron chi connectivity index (χ3n) is 2.92. The molecule has 2 nitrogen and oxygen atoms in total. The molecule has 0 aliphatic carbocycles. The number of ether oxygens (including phenoxy) is 1. The van der Waals surface area contributed by atoms with Crippen molar-refractivity contribution in [2.45, 2.75) is 33.7 Å². The van der Waals surface area contributed by atoms with E-state index in [1.54, 1.807) is 0 Å². The van der Waals surface area contributed by atoms with Crippen LogP contribution in [0.15, 0.2) is 18.2 Å². The van der Waals surface area contributed by atoms with Gasteiger partial charge in [-0.05, 0) is 38.4 Å². The Morgan fingerprint density at radius 1 is 1.25 bits per heavy atom. The molecule has 1 rings (SSSR count). The standard InChI is InChI=1S/C14H23NO/c1-10(2)13(15-5)9-16-14-7-6-11(3)8-12(14)4/h6-8,10,13,15H,9H2,1-5H3. The fourth-order valence-corrected chi connectivity index (χ4v) is 1.75. The van der Waals surface area contributed by atoms with Crippen molar-refractivity contribution >= 4 is 0 Å². The van der Waals surface area contributed by atoms with Crippen LogP contribution < -0.4 is 10.1 Å². The molecular formula is C14H23NO. The molecule has 0 saturated heterocycles. The van der Waals surface area contributed by atoms with Gasteiger partial charge in [-0.15, -0.1) is 0 Å². The molecule has 0 amide bonds. The second-order valence-corrected chi connectivity index (χ2v) is 4.72. The maximum absolute atomic E-state index is 5.84. The SMILES string of the molecule is CNC(COc1ccc(C)cc1C)C(C)C. The molecule has 0 spiro atoms. The summed E-state index contributed by atoms with van der Waals surface area (Å²) in [6.45, 7) is 9.31. The predicted molar refractivity (Wildman–Crippen MR) is 69.1 cm³/mol. The van der Waals surface area contributed by atoms with Crippen molar-refractivity contribution in [1.82, 2.24) is 5.32 Å². The number of aryl methyl sites for hydroxylation is 2. The minimum Gasteiger partial charge on any atom is -0.492 e. The Balaban J connectivity index is 2.60. The van der Waals surface area contributed by atoms with Gasteiger partial charge in [-0.25, -0.2) is 0 Å². The summed E-state index contributed by atoms with van der Waals surface area (Å²) in [5.74, 6) is 1.57. The van der Waals surface area contributed by atoms with E-state index in [0.29, 0.717) is 12.0 Å². The van der Waals surface area contributed by atoms with Crippen molar-refractivity contribution in [2.24, 2.45) is 5.92 Å². The van der Waals surface area contributed by atoms with Gasteiger partial charge in [0.2, 0.25) is 0 Å². The van der Waals surface area contributed by atoms with Crippen molar-refractivity contribution in [3.63, 3.8) is 0 Å². The van der Waals surface area contributed by atoms with Crippen LogP contribution in [-0.2, 0) is 0 Å². The number of hydrogen-bond acceptors (Lipinski definition) is 2. The summed E-state index contributed by atoms with van der Waals surface area (Å²) in [6.07, 6.45) is 0. The van der Waals surface area contributed by atoms with E-state index in [2.05, 4.69) is 51.2 Å². The molecule has 1 aromatic rings. The van der Waals surface area contributed by atoms with Gasteiger partial charge in [-0.3, -0.25) is 0 Å². The summed E-state index contributed by atoms with van der Waals surface area (Å²) in [7, 11) is 1.98. The lowest BCUT2D eigenvalue weighted by atomic mass is 10.1. The van der Waals surface area contributed by atoms with Crippen LogP contribution in [0.5, 0.6) is 5.75 Å². The van der Waals surface area contributed by atoms with E-state index < -0.39 is 0 Å². The van der Waals surface area contributed by atoms with Gasteiger partial charge < -0.3 is 10.1 Å². The van der Waals surface area contributed by atoms with Gasteiger partial charge in [-0.1, -0.05) is 31.5 Å². The Bertz CT molecular complexity index is 334. The van der Waals surface area contributed by atoms with Gasteiger partial charge in [-0.2, -0.15) is 0 Å². The molecule has 0 fully saturated rings. The highest BCUT2D eigenvalue weighted by atomic mass is 16.5. The van der Waals surface area contributed by atoms with E-state index in [9.17, 15) is 0 Å². The van der Waals surface area contributed by atoms with Crippen LogP contribution in [0.25, 0.3) is 0 Å². The lowest BCUT2D eigenvalue weighted by Gasteiger charge is -2.21. The first kappa shape index (κ1) is 13.0. The molecule has 0 heterocycles. The summed E-state index contributed by atoms with van der Waals surface area (Å²) in [6, 6.07) is 6.70. The maximum atomic E-state index is 5.84. The molecule has 1 aromatic carbocycles. The first-order valence-corrected chi connectivity index (χ1v) is 5.92. The zero-order valence-electron chi connectivity index (χ0n) is 11.0. The van der Waals surface area contributed by atoms with E-state index in [1.165, 1.54) is 11.1 Å². The quantitative estimate of drug-likeness (QED) is 0.825. The highest BCUT2D eigenvalue weighted by Gasteiger charge is 2.11. The van der Waals surface area contributed by atoms with Crippen LogP contribution in [0.4, 0.5) is 0 Å². The first-order chi connectivity index (χ1) is 7.54. The van der Waals surface area contributed by atoms with E-state index in [-0.39, 0.29) is 0 Å². The Hall–Kier alpha value is -1.02. The number of likely N-dealkylation sites (N-methyl/N-ethyl adjacent to an activating group) is 1. The normalized spacial score (nSPS) is 12.9. The lowest BCUT2D eigenvalue weighted by molar-refractivity contribution is 0.237. The minimum atomic E-state index is 0.403. The molecule has 90 valence electrons. The Morgan fingerprint density at radius 2 is 1.94 bits per heavy atom. The first-order valence-electron chi connectivity index (χ1n) is 5.92. The molecule has 2 heteroatoms. The van der Waals surface area contributed by atoms with Gasteiger partial charge in [0.05, 0.1) is 0 Å². The molecule has 0 saturated carbocycles. The summed E-state index contributed by atoms with van der Waals surface area (Å²) in [5.41, 5.74) is 2.48. The van der Waals surface area contributed by atoms with Crippen LogP contribution in [0.3, 0.4) is 0 Å². The average Bonchev–Trinajstić information content (AvgIpc) is 2.21. The smallest absolute Gasteiger partial charge is 0.122 e. The molecular weight excluding hydrogens is 198 g/mol. The molecule has 0 aliphatic heterocycles. The fraction of sp³-hybridized carbons (Fsp3) is 0.571. The van der Waals surface area contributed by atoms with Crippen LogP contribution in [-0.4, -0.2) is 19.7 Å². The molecule has 1 unspecified atom stereocenters. The molecule has 1 N–H and O–H groups in total. The minimum absolute atomic E-state index is 0.403. The molecule has 0 bridgehead atoms. The second kappa shape index (κ2) is 5.90. The van der Waals surface area contributed by atoms with Crippen molar-refractivity contribution in [1.29, 1.82) is 0 Å². The van der Waals surface area contributed by atoms with Crippen LogP contribution in [0.1, 0.15) is 25.0 Å². The number of hydrogen-bond donors (Lipinski definition) is 1. The lowest BCUT2D eigenvalue weighted by Crippen LogP contribution is -2.36. The summed E-state index contributed by atoms with van der Waals surface area (Å²) in [5, 5.41) is 3.28. The molecule has 0 aliphatic rings. The van der Waals surface area contributed by atoms with Gasteiger partial charge >= 0.3 is 0 Å². The van der Waals surface area contributed by atoms with Gasteiger partial charge in [0, 0.05) is 6.04 Å². The highest BCUT2D eigenvalue weighted by Crippen LogP contribution is 2.19. The Kier molecular flexibility index (Phi) is 4.81. The zero-order valence-corrected chi connectivity index (χ0v) is 11.0. The van der Waals surface area contributed by atoms with E-state index in [4.69, 9.17) is 4.74 Å². The van der Waals surface area contributed by atoms with E-state index >= 15 is 0 Å². The third-order valence-corrected chi connectivity index (χ3v) is 2.92. The van der Waals surface area contributed by atoms with Gasteiger partial charge in [0.1, 0.15) is 12.4 Å². The Morgan fingerprint density at radius 3 is 2.44 bits per heavy atom. The second-order valence-electron chi connectivity index (χ2n) is 4.72. The summed E-state index contributed by atoms with van der Waals surface area (Å²) >= 11 is 0. The fourth-order valence-electron chi connectivity index (χ4n) is 1.75. The highest BCUT2D eigenvalue weighted by molar-refractivity contribution is 5.35. The molecule has 16 heavy (non-hydrogen) atoms. The van der Waals surface area contributed by atoms with Crippen LogP contribution >= 0.6 is 0 Å². The molecule has 1 atom stereocenters. The number of nitrogens with one attached hydrogen (secondary N) is 1. The van der Waals surface area contributed by atoms with E-state index in [1.807, 2.05) is 7.05 Å². The topological polar surface area (TPSA) is 21.3 Å². The van der Waals surface area contributed by atoms with Crippen LogP contribution in [0, 0.1) is 19.8 Å². The Labute approximate surface area is 99.0 Å². The van der Waals surface area contributed by atoms with Crippen molar-refractivity contribution in [2.75, 3.05) is 13.7 Å². The third kappa shape index (κ3) is 3.53. The average molecular weight is 221 g/mol. The van der Waals surface area contributed by atoms with E-state index in [0.717, 1.165) is 12.4 Å². The molecule has 0 aromatic heterocycles. The maximum Gasteiger partial charge on any atom is 0.122 e. The predicted octanol–water partition coefficient (Wildman–Crippen LogP) is 2.93. The monoisotopic (exact) mass is 221 g/mol. The largest absolute Gasteiger partial charge is 0.492 e. The summed E-state index contributed by atoms with van der Waals surface area (Å²) in [4.78, 5) is 0. The van der Waals surface area contributed by atoms with Crippen molar-refractivity contribution < 1.29 is 4.74 Å². The zero-order chi connectivity index (χ0) is 12.1. The van der Waals surface area contributed by atoms with Crippen molar-refractivity contribution in [3.8, 4) is 5.75 Å². The number of benzene rings is 1. The van der Waals surface area contributed by atoms with Gasteiger partial charge in [0.25, 0.3) is 0 Å². The number of rotatable bonds is 5. The van der Waals surface area contributed by atoms with Crippen molar-refractivity contribution in [3.05, 3.63) is 29.3 Å². The van der Waals surface area contributed by atoms with Crippen LogP contribution in [0.2, 0.25) is 0 Å². The molecule has 0 radical (unpaired) electrons.